The Morgan fingerprint density at radius 2 is 2.30 bits per heavy atom. The predicted molar refractivity (Wildman–Crippen MR) is 80.9 cm³/mol. The molecule has 1 aliphatic heterocycles. The van der Waals surface area contributed by atoms with Crippen LogP contribution in [-0.2, 0) is 26.0 Å². The molecule has 2 N–H and O–H groups in total. The standard InChI is InChI=1S/C14H16FN3O4S/c15-9-1-2-11-12(5-9)18-13(17-11)6-22-7-14(19)16-10-3-4-23(20,21)8-10/h1-2,5,10H,3-4,6-8H2,(H,16,19)(H,17,18)/t10-/m1/s1. The van der Waals surface area contributed by atoms with Gasteiger partial charge in [-0.05, 0) is 24.6 Å². The number of hydrogen-bond acceptors (Lipinski definition) is 5. The molecule has 1 fully saturated rings. The molecule has 0 radical (unpaired) electrons. The van der Waals surface area contributed by atoms with Crippen LogP contribution in [0, 0.1) is 5.82 Å². The van der Waals surface area contributed by atoms with Gasteiger partial charge in [-0.2, -0.15) is 0 Å². The largest absolute Gasteiger partial charge is 0.364 e. The summed E-state index contributed by atoms with van der Waals surface area (Å²) in [5.74, 6) is -0.155. The highest BCUT2D eigenvalue weighted by molar-refractivity contribution is 7.91. The number of amides is 1. The fraction of sp³-hybridized carbons (Fsp3) is 0.429. The number of fused-ring (bicyclic) bond motifs is 1. The molecule has 1 aromatic carbocycles. The van der Waals surface area contributed by atoms with Gasteiger partial charge in [-0.1, -0.05) is 0 Å². The number of aromatic nitrogens is 2. The molecule has 0 bridgehead atoms. The number of H-pyrrole nitrogens is 1. The van der Waals surface area contributed by atoms with E-state index in [0.29, 0.717) is 23.3 Å². The van der Waals surface area contributed by atoms with Crippen LogP contribution < -0.4 is 5.32 Å². The number of carbonyl (C=O) groups excluding carboxylic acids is 1. The number of sulfone groups is 1. The highest BCUT2D eigenvalue weighted by Gasteiger charge is 2.28. The van der Waals surface area contributed by atoms with Crippen LogP contribution in [0.2, 0.25) is 0 Å². The maximum Gasteiger partial charge on any atom is 0.246 e. The molecule has 0 unspecified atom stereocenters. The van der Waals surface area contributed by atoms with Crippen LogP contribution in [0.15, 0.2) is 18.2 Å². The fourth-order valence-corrected chi connectivity index (χ4v) is 4.19. The first-order valence-corrected chi connectivity index (χ1v) is 8.95. The van der Waals surface area contributed by atoms with Gasteiger partial charge in [0.05, 0.1) is 22.5 Å². The Hall–Kier alpha value is -2.00. The van der Waals surface area contributed by atoms with Crippen LogP contribution in [0.4, 0.5) is 4.39 Å². The summed E-state index contributed by atoms with van der Waals surface area (Å²) in [7, 11) is -3.02. The molecule has 124 valence electrons. The average molecular weight is 341 g/mol. The number of ether oxygens (including phenoxy) is 1. The first-order valence-electron chi connectivity index (χ1n) is 7.13. The number of halogens is 1. The molecule has 0 aliphatic carbocycles. The van der Waals surface area contributed by atoms with Crippen LogP contribution in [-0.4, -0.2) is 48.4 Å². The fourth-order valence-electron chi connectivity index (χ4n) is 2.52. The number of benzene rings is 1. The number of aromatic amines is 1. The molecule has 2 heterocycles. The van der Waals surface area contributed by atoms with E-state index in [1.54, 1.807) is 6.07 Å². The predicted octanol–water partition coefficient (Wildman–Crippen LogP) is 0.522. The van der Waals surface area contributed by atoms with Gasteiger partial charge in [-0.25, -0.2) is 17.8 Å². The first-order chi connectivity index (χ1) is 10.9. The van der Waals surface area contributed by atoms with Crippen molar-refractivity contribution in [1.82, 2.24) is 15.3 Å². The zero-order chi connectivity index (χ0) is 16.4. The number of hydrogen-bond donors (Lipinski definition) is 2. The van der Waals surface area contributed by atoms with E-state index in [1.165, 1.54) is 12.1 Å². The number of carbonyl (C=O) groups is 1. The summed E-state index contributed by atoms with van der Waals surface area (Å²) in [4.78, 5) is 18.8. The van der Waals surface area contributed by atoms with Crippen LogP contribution in [0.3, 0.4) is 0 Å². The SMILES string of the molecule is O=C(COCc1nc2ccc(F)cc2[nH]1)N[C@@H]1CCS(=O)(=O)C1. The van der Waals surface area contributed by atoms with E-state index in [9.17, 15) is 17.6 Å². The third-order valence-electron chi connectivity index (χ3n) is 3.56. The smallest absolute Gasteiger partial charge is 0.246 e. The van der Waals surface area contributed by atoms with E-state index in [-0.39, 0.29) is 42.5 Å². The van der Waals surface area contributed by atoms with Crippen molar-refractivity contribution in [3.63, 3.8) is 0 Å². The van der Waals surface area contributed by atoms with E-state index in [4.69, 9.17) is 4.74 Å². The lowest BCUT2D eigenvalue weighted by Crippen LogP contribution is -2.37. The Kier molecular flexibility index (Phi) is 4.31. The lowest BCUT2D eigenvalue weighted by atomic mass is 10.2. The summed E-state index contributed by atoms with van der Waals surface area (Å²) in [5, 5.41) is 2.63. The van der Waals surface area contributed by atoms with Crippen molar-refractivity contribution in [1.29, 1.82) is 0 Å². The number of nitrogens with one attached hydrogen (secondary N) is 2. The van der Waals surface area contributed by atoms with Crippen LogP contribution in [0.1, 0.15) is 12.2 Å². The molecule has 0 saturated carbocycles. The van der Waals surface area contributed by atoms with Crippen LogP contribution in [0.5, 0.6) is 0 Å². The molecule has 2 aromatic rings. The van der Waals surface area contributed by atoms with Gasteiger partial charge in [0.1, 0.15) is 24.9 Å². The van der Waals surface area contributed by atoms with E-state index >= 15 is 0 Å². The number of imidazole rings is 1. The Labute approximate surface area is 132 Å². The lowest BCUT2D eigenvalue weighted by Gasteiger charge is -2.10. The molecule has 7 nitrogen and oxygen atoms in total. The summed E-state index contributed by atoms with van der Waals surface area (Å²) >= 11 is 0. The molecule has 1 amide bonds. The normalized spacial score (nSPS) is 20.0. The highest BCUT2D eigenvalue weighted by atomic mass is 32.2. The summed E-state index contributed by atoms with van der Waals surface area (Å²) in [6, 6.07) is 3.86. The van der Waals surface area contributed by atoms with Crippen molar-refractivity contribution in [3.05, 3.63) is 29.8 Å². The minimum atomic E-state index is -3.02. The number of nitrogens with zero attached hydrogens (tertiary/aromatic N) is 1. The number of rotatable bonds is 5. The monoisotopic (exact) mass is 341 g/mol. The quantitative estimate of drug-likeness (QED) is 0.826. The van der Waals surface area contributed by atoms with Gasteiger partial charge in [-0.3, -0.25) is 4.79 Å². The zero-order valence-corrected chi connectivity index (χ0v) is 13.0. The maximum absolute atomic E-state index is 13.1. The molecule has 0 spiro atoms. The second-order valence-electron chi connectivity index (χ2n) is 5.51. The minimum absolute atomic E-state index is 0.0200. The second-order valence-corrected chi connectivity index (χ2v) is 7.73. The molecular weight excluding hydrogens is 325 g/mol. The Balaban J connectivity index is 1.47. The molecule has 1 atom stereocenters. The van der Waals surface area contributed by atoms with Crippen molar-refractivity contribution >= 4 is 26.8 Å². The van der Waals surface area contributed by atoms with Crippen molar-refractivity contribution < 1.29 is 22.3 Å². The van der Waals surface area contributed by atoms with Gasteiger partial charge in [-0.15, -0.1) is 0 Å². The van der Waals surface area contributed by atoms with Gasteiger partial charge < -0.3 is 15.0 Å². The van der Waals surface area contributed by atoms with Gasteiger partial charge in [0, 0.05) is 6.04 Å². The highest BCUT2D eigenvalue weighted by Crippen LogP contribution is 2.13. The molecule has 9 heteroatoms. The molecule has 3 rings (SSSR count). The Morgan fingerprint density at radius 1 is 1.48 bits per heavy atom. The Bertz CT molecular complexity index is 834. The summed E-state index contributed by atoms with van der Waals surface area (Å²) in [6.45, 7) is -0.116. The van der Waals surface area contributed by atoms with E-state index in [2.05, 4.69) is 15.3 Å². The first kappa shape index (κ1) is 15.9. The van der Waals surface area contributed by atoms with Crippen molar-refractivity contribution in [2.75, 3.05) is 18.1 Å². The third-order valence-corrected chi connectivity index (χ3v) is 5.33. The lowest BCUT2D eigenvalue weighted by molar-refractivity contribution is -0.126. The van der Waals surface area contributed by atoms with E-state index in [0.717, 1.165) is 0 Å². The summed E-state index contributed by atoms with van der Waals surface area (Å²) < 4.78 is 41.0. The topological polar surface area (TPSA) is 101 Å². The van der Waals surface area contributed by atoms with Crippen molar-refractivity contribution in [2.24, 2.45) is 0 Å². The zero-order valence-electron chi connectivity index (χ0n) is 12.2. The maximum atomic E-state index is 13.1. The summed E-state index contributed by atoms with van der Waals surface area (Å²) in [5.41, 5.74) is 1.18. The van der Waals surface area contributed by atoms with Gasteiger partial charge in [0.25, 0.3) is 0 Å². The summed E-state index contributed by atoms with van der Waals surface area (Å²) in [6.07, 6.45) is 0.434. The van der Waals surface area contributed by atoms with E-state index < -0.39 is 9.84 Å². The third kappa shape index (κ3) is 4.05. The van der Waals surface area contributed by atoms with Gasteiger partial charge in [0.2, 0.25) is 5.91 Å². The molecular formula is C14H16FN3O4S. The molecule has 1 saturated heterocycles. The van der Waals surface area contributed by atoms with Crippen LogP contribution >= 0.6 is 0 Å². The Morgan fingerprint density at radius 3 is 3.04 bits per heavy atom. The molecule has 1 aromatic heterocycles. The molecule has 23 heavy (non-hydrogen) atoms. The van der Waals surface area contributed by atoms with Crippen LogP contribution in [0.25, 0.3) is 11.0 Å². The molecule has 1 aliphatic rings. The van der Waals surface area contributed by atoms with Crippen molar-refractivity contribution in [2.45, 2.75) is 19.1 Å². The minimum Gasteiger partial charge on any atom is -0.364 e. The second kappa shape index (κ2) is 6.25. The van der Waals surface area contributed by atoms with Crippen molar-refractivity contribution in [3.8, 4) is 0 Å². The van der Waals surface area contributed by atoms with Gasteiger partial charge >= 0.3 is 0 Å². The van der Waals surface area contributed by atoms with Gasteiger partial charge in [0.15, 0.2) is 9.84 Å². The average Bonchev–Trinajstić information content (AvgIpc) is 3.01. The van der Waals surface area contributed by atoms with E-state index in [1.807, 2.05) is 0 Å².